The summed E-state index contributed by atoms with van der Waals surface area (Å²) < 4.78 is 7.39. The average molecular weight is 288 g/mol. The lowest BCUT2D eigenvalue weighted by Crippen LogP contribution is -2.37. The highest BCUT2D eigenvalue weighted by Gasteiger charge is 2.19. The summed E-state index contributed by atoms with van der Waals surface area (Å²) in [5, 5.41) is 8.68. The number of methoxy groups -OCH3 is 1. The maximum Gasteiger partial charge on any atom is 0.0844 e. The van der Waals surface area contributed by atoms with E-state index in [-0.39, 0.29) is 5.60 Å². The predicted octanol–water partition coefficient (Wildman–Crippen LogP) is 2.95. The number of nitrogens with one attached hydrogen (secondary N) is 1. The molecule has 0 aromatic carbocycles. The van der Waals surface area contributed by atoms with Crippen LogP contribution in [0.25, 0.3) is 0 Å². The number of aryl methyl sites for hydroxylation is 1. The van der Waals surface area contributed by atoms with E-state index in [1.807, 2.05) is 18.5 Å². The first-order valence-electron chi connectivity index (χ1n) is 6.75. The summed E-state index contributed by atoms with van der Waals surface area (Å²) in [5.41, 5.74) is 1.84. The zero-order chi connectivity index (χ0) is 14.6. The molecule has 0 spiro atoms. The number of rotatable bonds is 7. The van der Waals surface area contributed by atoms with E-state index in [0.29, 0.717) is 6.04 Å². The van der Waals surface area contributed by atoms with Gasteiger partial charge in [0.2, 0.25) is 0 Å². The molecule has 1 N–H and O–H groups in total. The van der Waals surface area contributed by atoms with Gasteiger partial charge < -0.3 is 10.1 Å². The van der Waals surface area contributed by atoms with Gasteiger partial charge in [-0.15, -0.1) is 0 Å². The van der Waals surface area contributed by atoms with Crippen molar-refractivity contribution in [2.45, 2.75) is 59.2 Å². The molecule has 1 heterocycles. The third-order valence-electron chi connectivity index (χ3n) is 3.46. The van der Waals surface area contributed by atoms with Crippen molar-refractivity contribution in [1.82, 2.24) is 15.1 Å². The Kier molecular flexibility index (Phi) is 5.83. The van der Waals surface area contributed by atoms with Crippen molar-refractivity contribution in [2.24, 2.45) is 0 Å². The number of hydrogen-bond donors (Lipinski definition) is 1. The Hall–Kier alpha value is -0.580. The van der Waals surface area contributed by atoms with E-state index in [1.165, 1.54) is 0 Å². The molecule has 110 valence electrons. The van der Waals surface area contributed by atoms with Crippen LogP contribution in [0.5, 0.6) is 0 Å². The Morgan fingerprint density at radius 2 is 2.05 bits per heavy atom. The predicted molar refractivity (Wildman–Crippen MR) is 79.9 cm³/mol. The first-order chi connectivity index (χ1) is 8.76. The smallest absolute Gasteiger partial charge is 0.0844 e. The van der Waals surface area contributed by atoms with E-state index < -0.39 is 0 Å². The molecule has 0 aliphatic heterocycles. The molecule has 0 radical (unpaired) electrons. The van der Waals surface area contributed by atoms with Crippen LogP contribution < -0.4 is 5.32 Å². The van der Waals surface area contributed by atoms with Crippen LogP contribution in [0.4, 0.5) is 0 Å². The number of hydrogen-bond acceptors (Lipinski definition) is 3. The third kappa shape index (κ3) is 4.79. The summed E-state index contributed by atoms with van der Waals surface area (Å²) in [5.74, 6) is 0. The lowest BCUT2D eigenvalue weighted by molar-refractivity contribution is 0.00854. The SMILES string of the molecule is COC(C)(C)C[C@@H](C)NCCn1nc(C)c(Cl)c1C. The molecule has 0 saturated carbocycles. The van der Waals surface area contributed by atoms with E-state index in [1.54, 1.807) is 7.11 Å². The van der Waals surface area contributed by atoms with E-state index in [9.17, 15) is 0 Å². The quantitative estimate of drug-likeness (QED) is 0.838. The first kappa shape index (κ1) is 16.5. The second-order valence-corrected chi connectivity index (χ2v) is 6.11. The third-order valence-corrected chi connectivity index (χ3v) is 4.01. The van der Waals surface area contributed by atoms with Crippen molar-refractivity contribution in [1.29, 1.82) is 0 Å². The number of halogens is 1. The molecule has 1 aromatic rings. The van der Waals surface area contributed by atoms with Crippen LogP contribution in [0.2, 0.25) is 5.02 Å². The first-order valence-corrected chi connectivity index (χ1v) is 7.12. The fourth-order valence-corrected chi connectivity index (χ4v) is 2.34. The molecule has 0 unspecified atom stereocenters. The summed E-state index contributed by atoms with van der Waals surface area (Å²) in [7, 11) is 1.75. The van der Waals surface area contributed by atoms with Gasteiger partial charge in [-0.1, -0.05) is 11.6 Å². The molecule has 0 amide bonds. The Morgan fingerprint density at radius 3 is 2.53 bits per heavy atom. The Balaban J connectivity index is 2.40. The number of nitrogens with zero attached hydrogens (tertiary/aromatic N) is 2. The lowest BCUT2D eigenvalue weighted by atomic mass is 10.00. The van der Waals surface area contributed by atoms with Gasteiger partial charge >= 0.3 is 0 Å². The van der Waals surface area contributed by atoms with Crippen LogP contribution in [-0.4, -0.2) is 35.1 Å². The summed E-state index contributed by atoms with van der Waals surface area (Å²) in [6.45, 7) is 12.0. The second kappa shape index (κ2) is 6.73. The zero-order valence-corrected chi connectivity index (χ0v) is 13.6. The Labute approximate surface area is 121 Å². The van der Waals surface area contributed by atoms with Crippen LogP contribution >= 0.6 is 11.6 Å². The van der Waals surface area contributed by atoms with Gasteiger partial charge in [-0.3, -0.25) is 4.68 Å². The van der Waals surface area contributed by atoms with Crippen LogP contribution in [0, 0.1) is 13.8 Å². The molecule has 1 atom stereocenters. The summed E-state index contributed by atoms with van der Waals surface area (Å²) >= 11 is 6.13. The maximum atomic E-state index is 6.13. The van der Waals surface area contributed by atoms with Crippen molar-refractivity contribution in [2.75, 3.05) is 13.7 Å². The van der Waals surface area contributed by atoms with E-state index in [0.717, 1.165) is 35.9 Å². The number of aromatic nitrogens is 2. The maximum absolute atomic E-state index is 6.13. The molecule has 0 saturated heterocycles. The van der Waals surface area contributed by atoms with Gasteiger partial charge in [-0.25, -0.2) is 0 Å². The second-order valence-electron chi connectivity index (χ2n) is 5.73. The molecule has 0 aliphatic carbocycles. The molecular weight excluding hydrogens is 262 g/mol. The van der Waals surface area contributed by atoms with Gasteiger partial charge in [0.1, 0.15) is 0 Å². The molecule has 0 fully saturated rings. The molecule has 4 nitrogen and oxygen atoms in total. The fraction of sp³-hybridized carbons (Fsp3) is 0.786. The van der Waals surface area contributed by atoms with Gasteiger partial charge in [-0.2, -0.15) is 5.10 Å². The highest BCUT2D eigenvalue weighted by atomic mass is 35.5. The zero-order valence-electron chi connectivity index (χ0n) is 12.9. The average Bonchev–Trinajstić information content (AvgIpc) is 2.56. The lowest BCUT2D eigenvalue weighted by Gasteiger charge is -2.27. The van der Waals surface area contributed by atoms with Gasteiger partial charge in [-0.05, 0) is 41.0 Å². The molecule has 0 bridgehead atoms. The monoisotopic (exact) mass is 287 g/mol. The molecule has 5 heteroatoms. The molecular formula is C14H26ClN3O. The van der Waals surface area contributed by atoms with Crippen molar-refractivity contribution < 1.29 is 4.74 Å². The summed E-state index contributed by atoms with van der Waals surface area (Å²) in [6.07, 6.45) is 0.974. The molecule has 0 aliphatic rings. The van der Waals surface area contributed by atoms with Crippen molar-refractivity contribution >= 4 is 11.6 Å². The molecule has 1 aromatic heterocycles. The fourth-order valence-electron chi connectivity index (χ4n) is 2.20. The van der Waals surface area contributed by atoms with Crippen LogP contribution in [0.3, 0.4) is 0 Å². The number of ether oxygens (including phenoxy) is 1. The van der Waals surface area contributed by atoms with Gasteiger partial charge in [0.05, 0.1) is 28.6 Å². The van der Waals surface area contributed by atoms with Crippen LogP contribution in [-0.2, 0) is 11.3 Å². The van der Waals surface area contributed by atoms with Crippen molar-refractivity contribution in [3.05, 3.63) is 16.4 Å². The highest BCUT2D eigenvalue weighted by Crippen LogP contribution is 2.18. The van der Waals surface area contributed by atoms with Crippen LogP contribution in [0.15, 0.2) is 0 Å². The molecule has 19 heavy (non-hydrogen) atoms. The van der Waals surface area contributed by atoms with Gasteiger partial charge in [0, 0.05) is 19.7 Å². The van der Waals surface area contributed by atoms with Gasteiger partial charge in [0.25, 0.3) is 0 Å². The van der Waals surface area contributed by atoms with Crippen LogP contribution in [0.1, 0.15) is 38.6 Å². The van der Waals surface area contributed by atoms with E-state index in [2.05, 4.69) is 31.2 Å². The molecule has 1 rings (SSSR count). The largest absolute Gasteiger partial charge is 0.379 e. The van der Waals surface area contributed by atoms with E-state index >= 15 is 0 Å². The summed E-state index contributed by atoms with van der Waals surface area (Å²) in [6, 6.07) is 0.405. The van der Waals surface area contributed by atoms with Crippen molar-refractivity contribution in [3.8, 4) is 0 Å². The minimum atomic E-state index is -0.0894. The van der Waals surface area contributed by atoms with Crippen molar-refractivity contribution in [3.63, 3.8) is 0 Å². The summed E-state index contributed by atoms with van der Waals surface area (Å²) in [4.78, 5) is 0. The minimum Gasteiger partial charge on any atom is -0.379 e. The normalized spacial score (nSPS) is 13.8. The van der Waals surface area contributed by atoms with E-state index in [4.69, 9.17) is 16.3 Å². The standard InChI is InChI=1S/C14H26ClN3O/c1-10(9-14(4,5)19-6)16-7-8-18-12(3)13(15)11(2)17-18/h10,16H,7-9H2,1-6H3/t10-/m1/s1. The Morgan fingerprint density at radius 1 is 1.42 bits per heavy atom. The topological polar surface area (TPSA) is 39.1 Å². The Bertz CT molecular complexity index is 415. The minimum absolute atomic E-state index is 0.0894. The highest BCUT2D eigenvalue weighted by molar-refractivity contribution is 6.31. The van der Waals surface area contributed by atoms with Gasteiger partial charge in [0.15, 0.2) is 0 Å².